The van der Waals surface area contributed by atoms with Crippen molar-refractivity contribution in [2.45, 2.75) is 123 Å². The Hall–Kier alpha value is -0.580. The zero-order valence-corrected chi connectivity index (χ0v) is 19.8. The van der Waals surface area contributed by atoms with Crippen LogP contribution in [0.4, 0.5) is 0 Å². The maximum absolute atomic E-state index is 6.01. The lowest BCUT2D eigenvalue weighted by molar-refractivity contribution is -0.148. The Bertz CT molecular complexity index is 306. The summed E-state index contributed by atoms with van der Waals surface area (Å²) in [5, 5.41) is 0. The van der Waals surface area contributed by atoms with Crippen molar-refractivity contribution in [2.75, 3.05) is 26.6 Å². The molecule has 0 radical (unpaired) electrons. The molecule has 174 valence electrons. The summed E-state index contributed by atoms with van der Waals surface area (Å²) in [4.78, 5) is 0. The second kappa shape index (κ2) is 25.5. The summed E-state index contributed by atoms with van der Waals surface area (Å²) in [7, 11) is 0. The van der Waals surface area contributed by atoms with E-state index in [-0.39, 0.29) is 6.29 Å². The molecule has 0 heterocycles. The monoisotopic (exact) mass is 414 g/mol. The van der Waals surface area contributed by atoms with E-state index in [1.165, 1.54) is 51.4 Å². The van der Waals surface area contributed by atoms with E-state index in [0.29, 0.717) is 6.79 Å². The lowest BCUT2D eigenvalue weighted by Crippen LogP contribution is -2.19. The minimum absolute atomic E-state index is 0.0324. The zero-order chi connectivity index (χ0) is 21.3. The molecule has 0 rings (SSSR count). The molecule has 0 aromatic heterocycles. The normalized spacial score (nSPS) is 11.7. The van der Waals surface area contributed by atoms with Crippen molar-refractivity contribution in [3.8, 4) is 0 Å². The average molecular weight is 415 g/mol. The van der Waals surface area contributed by atoms with Crippen LogP contribution < -0.4 is 0 Å². The number of hydrogen-bond donors (Lipinski definition) is 0. The number of hydrogen-bond acceptors (Lipinski definition) is 4. The van der Waals surface area contributed by atoms with E-state index in [9.17, 15) is 0 Å². The molecule has 0 bridgehead atoms. The third-order valence-corrected chi connectivity index (χ3v) is 4.90. The molecule has 0 saturated heterocycles. The second-order valence-corrected chi connectivity index (χ2v) is 7.85. The summed E-state index contributed by atoms with van der Waals surface area (Å²) >= 11 is 0. The Morgan fingerprint density at radius 1 is 0.621 bits per heavy atom. The van der Waals surface area contributed by atoms with Crippen molar-refractivity contribution in [1.82, 2.24) is 0 Å². The SMILES string of the molecule is CCCCCCOC(CCCCC=COCOCCCCC)OCCCCCC. The summed E-state index contributed by atoms with van der Waals surface area (Å²) in [5.74, 6) is 0. The van der Waals surface area contributed by atoms with Crippen molar-refractivity contribution >= 4 is 0 Å². The molecule has 0 N–H and O–H groups in total. The average Bonchev–Trinajstić information content (AvgIpc) is 2.73. The van der Waals surface area contributed by atoms with Gasteiger partial charge in [0.1, 0.15) is 0 Å². The molecular formula is C25H50O4. The van der Waals surface area contributed by atoms with Gasteiger partial charge in [0.15, 0.2) is 13.1 Å². The number of rotatable bonds is 24. The van der Waals surface area contributed by atoms with Crippen LogP contribution in [0.25, 0.3) is 0 Å². The first kappa shape index (κ1) is 28.4. The van der Waals surface area contributed by atoms with Crippen molar-refractivity contribution in [3.05, 3.63) is 12.3 Å². The van der Waals surface area contributed by atoms with Gasteiger partial charge in [0.25, 0.3) is 0 Å². The fraction of sp³-hybridized carbons (Fsp3) is 0.920. The molecule has 29 heavy (non-hydrogen) atoms. The van der Waals surface area contributed by atoms with Gasteiger partial charge < -0.3 is 18.9 Å². The Morgan fingerprint density at radius 3 is 1.83 bits per heavy atom. The topological polar surface area (TPSA) is 36.9 Å². The van der Waals surface area contributed by atoms with Crippen molar-refractivity contribution in [2.24, 2.45) is 0 Å². The lowest BCUT2D eigenvalue weighted by Gasteiger charge is -2.18. The molecule has 0 unspecified atom stereocenters. The molecule has 4 nitrogen and oxygen atoms in total. The van der Waals surface area contributed by atoms with Crippen LogP contribution in [0.5, 0.6) is 0 Å². The van der Waals surface area contributed by atoms with Gasteiger partial charge in [-0.1, -0.05) is 72.1 Å². The van der Waals surface area contributed by atoms with E-state index in [2.05, 4.69) is 26.8 Å². The molecule has 0 aliphatic rings. The Balaban J connectivity index is 3.74. The van der Waals surface area contributed by atoms with Crippen LogP contribution in [-0.2, 0) is 18.9 Å². The maximum atomic E-state index is 6.01. The standard InChI is InChI=1S/C25H50O4/c1-4-7-10-17-22-28-25(29-23-18-11-8-5-2)19-14-12-13-16-21-27-24-26-20-15-9-6-3/h16,21,25H,4-15,17-20,22-24H2,1-3H3. The van der Waals surface area contributed by atoms with E-state index in [1.807, 2.05) is 0 Å². The fourth-order valence-electron chi connectivity index (χ4n) is 3.01. The minimum Gasteiger partial charge on any atom is -0.475 e. The van der Waals surface area contributed by atoms with Gasteiger partial charge in [-0.2, -0.15) is 0 Å². The van der Waals surface area contributed by atoms with Crippen LogP contribution in [0.2, 0.25) is 0 Å². The zero-order valence-electron chi connectivity index (χ0n) is 19.8. The van der Waals surface area contributed by atoms with Gasteiger partial charge >= 0.3 is 0 Å². The lowest BCUT2D eigenvalue weighted by atomic mass is 10.2. The van der Waals surface area contributed by atoms with Crippen molar-refractivity contribution < 1.29 is 18.9 Å². The van der Waals surface area contributed by atoms with Gasteiger partial charge in [-0.3, -0.25) is 0 Å². The van der Waals surface area contributed by atoms with Crippen LogP contribution in [0, 0.1) is 0 Å². The summed E-state index contributed by atoms with van der Waals surface area (Å²) in [6, 6.07) is 0. The Kier molecular flexibility index (Phi) is 24.9. The summed E-state index contributed by atoms with van der Waals surface area (Å²) in [6.07, 6.45) is 21.6. The highest BCUT2D eigenvalue weighted by molar-refractivity contribution is 4.72. The molecule has 0 aliphatic carbocycles. The quantitative estimate of drug-likeness (QED) is 0.0918. The number of unbranched alkanes of at least 4 members (excludes halogenated alkanes) is 10. The third-order valence-electron chi connectivity index (χ3n) is 4.90. The summed E-state index contributed by atoms with van der Waals surface area (Å²) in [6.45, 7) is 9.48. The van der Waals surface area contributed by atoms with Gasteiger partial charge in [0.2, 0.25) is 0 Å². The maximum Gasteiger partial charge on any atom is 0.188 e. The molecular weight excluding hydrogens is 364 g/mol. The third kappa shape index (κ3) is 23.6. The van der Waals surface area contributed by atoms with Crippen molar-refractivity contribution in [3.63, 3.8) is 0 Å². The molecule has 0 amide bonds. The second-order valence-electron chi connectivity index (χ2n) is 7.85. The van der Waals surface area contributed by atoms with Crippen LogP contribution in [0.1, 0.15) is 117 Å². The molecule has 0 saturated carbocycles. The van der Waals surface area contributed by atoms with Gasteiger partial charge in [-0.05, 0) is 51.0 Å². The highest BCUT2D eigenvalue weighted by Gasteiger charge is 2.09. The van der Waals surface area contributed by atoms with E-state index >= 15 is 0 Å². The molecule has 0 fully saturated rings. The predicted molar refractivity (Wildman–Crippen MR) is 123 cm³/mol. The van der Waals surface area contributed by atoms with Crippen LogP contribution in [-0.4, -0.2) is 32.9 Å². The molecule has 4 heteroatoms. The van der Waals surface area contributed by atoms with Crippen LogP contribution in [0.3, 0.4) is 0 Å². The smallest absolute Gasteiger partial charge is 0.188 e. The highest BCUT2D eigenvalue weighted by atomic mass is 16.7. The first-order chi connectivity index (χ1) is 14.3. The fourth-order valence-corrected chi connectivity index (χ4v) is 3.01. The molecule has 0 aromatic carbocycles. The summed E-state index contributed by atoms with van der Waals surface area (Å²) < 4.78 is 22.8. The first-order valence-corrected chi connectivity index (χ1v) is 12.4. The molecule has 0 spiro atoms. The van der Waals surface area contributed by atoms with E-state index < -0.39 is 0 Å². The van der Waals surface area contributed by atoms with Crippen LogP contribution in [0.15, 0.2) is 12.3 Å². The largest absolute Gasteiger partial charge is 0.475 e. The number of allylic oxidation sites excluding steroid dienone is 1. The molecule has 0 aromatic rings. The van der Waals surface area contributed by atoms with Crippen molar-refractivity contribution in [1.29, 1.82) is 0 Å². The van der Waals surface area contributed by atoms with E-state index in [1.54, 1.807) is 6.26 Å². The van der Waals surface area contributed by atoms with Gasteiger partial charge in [-0.25, -0.2) is 0 Å². The van der Waals surface area contributed by atoms with E-state index in [4.69, 9.17) is 18.9 Å². The van der Waals surface area contributed by atoms with Crippen LogP contribution >= 0.6 is 0 Å². The predicted octanol–water partition coefficient (Wildman–Crippen LogP) is 7.76. The first-order valence-electron chi connectivity index (χ1n) is 12.4. The van der Waals surface area contributed by atoms with Gasteiger partial charge in [0.05, 0.1) is 12.9 Å². The number of ether oxygens (including phenoxy) is 4. The van der Waals surface area contributed by atoms with Gasteiger partial charge in [0, 0.05) is 13.2 Å². The summed E-state index contributed by atoms with van der Waals surface area (Å²) in [5.41, 5.74) is 0. The Labute approximate surface area is 181 Å². The minimum atomic E-state index is -0.0324. The van der Waals surface area contributed by atoms with Gasteiger partial charge in [-0.15, -0.1) is 0 Å². The van der Waals surface area contributed by atoms with E-state index in [0.717, 1.165) is 64.8 Å². The Morgan fingerprint density at radius 2 is 1.21 bits per heavy atom. The highest BCUT2D eigenvalue weighted by Crippen LogP contribution is 2.12. The molecule has 0 atom stereocenters. The molecule has 0 aliphatic heterocycles.